The zero-order chi connectivity index (χ0) is 13.3. The van der Waals surface area contributed by atoms with E-state index in [0.717, 1.165) is 0 Å². The molecule has 1 heteroatoms. The molecule has 0 atom stereocenters. The molecular formula is C17H35N. The van der Waals surface area contributed by atoms with Crippen molar-refractivity contribution < 1.29 is 0 Å². The minimum Gasteiger partial charge on any atom is -0.317 e. The highest BCUT2D eigenvalue weighted by Gasteiger charge is 1.90. The Labute approximate surface area is 115 Å². The lowest BCUT2D eigenvalue weighted by Gasteiger charge is -2.03. The normalized spacial score (nSPS) is 11.4. The van der Waals surface area contributed by atoms with Gasteiger partial charge in [0, 0.05) is 0 Å². The number of nitrogens with one attached hydrogen (secondary N) is 1. The molecule has 0 heterocycles. The van der Waals surface area contributed by atoms with E-state index >= 15 is 0 Å². The summed E-state index contributed by atoms with van der Waals surface area (Å²) < 4.78 is 0. The average molecular weight is 253 g/mol. The zero-order valence-electron chi connectivity index (χ0n) is 12.8. The summed E-state index contributed by atoms with van der Waals surface area (Å²) in [6, 6.07) is 0. The van der Waals surface area contributed by atoms with Crippen molar-refractivity contribution in [1.82, 2.24) is 5.32 Å². The maximum Gasteiger partial charge on any atom is -0.00489 e. The maximum absolute atomic E-state index is 3.51. The lowest BCUT2D eigenvalue weighted by Crippen LogP contribution is -2.16. The minimum absolute atomic E-state index is 1.21. The first-order valence-electron chi connectivity index (χ1n) is 8.27. The average Bonchev–Trinajstić information content (AvgIpc) is 2.39. The van der Waals surface area contributed by atoms with E-state index in [4.69, 9.17) is 0 Å². The Morgan fingerprint density at radius 2 is 1.17 bits per heavy atom. The van der Waals surface area contributed by atoms with Crippen molar-refractivity contribution in [3.63, 3.8) is 0 Å². The zero-order valence-corrected chi connectivity index (χ0v) is 12.8. The fraction of sp³-hybridized carbons (Fsp3) is 0.882. The second kappa shape index (κ2) is 16.7. The summed E-state index contributed by atoms with van der Waals surface area (Å²) in [6.45, 7) is 6.93. The fourth-order valence-corrected chi connectivity index (χ4v) is 2.03. The van der Waals surface area contributed by atoms with Gasteiger partial charge in [0.25, 0.3) is 0 Å². The molecule has 0 radical (unpaired) electrons. The summed E-state index contributed by atoms with van der Waals surface area (Å²) in [5.74, 6) is 0. The smallest absolute Gasteiger partial charge is 0.00489 e. The van der Waals surface area contributed by atoms with Crippen LogP contribution < -0.4 is 5.32 Å². The Hall–Kier alpha value is -0.300. The van der Waals surface area contributed by atoms with Gasteiger partial charge in [-0.25, -0.2) is 0 Å². The molecule has 0 saturated heterocycles. The van der Waals surface area contributed by atoms with E-state index in [1.807, 2.05) is 0 Å². The molecule has 0 rings (SSSR count). The molecule has 0 aliphatic heterocycles. The third-order valence-electron chi connectivity index (χ3n) is 3.32. The van der Waals surface area contributed by atoms with Gasteiger partial charge in [0.15, 0.2) is 0 Å². The topological polar surface area (TPSA) is 12.0 Å². The molecule has 0 fully saturated rings. The van der Waals surface area contributed by atoms with Crippen LogP contribution in [-0.2, 0) is 0 Å². The Balaban J connectivity index is 2.96. The van der Waals surface area contributed by atoms with E-state index < -0.39 is 0 Å². The Morgan fingerprint density at radius 3 is 1.89 bits per heavy atom. The van der Waals surface area contributed by atoms with E-state index in [2.05, 4.69) is 31.3 Å². The number of unbranched alkanes of at least 4 members (excludes halogenated alkanes) is 8. The molecule has 0 aromatic carbocycles. The van der Waals surface area contributed by atoms with Crippen LogP contribution >= 0.6 is 0 Å². The van der Waals surface area contributed by atoms with Crippen LogP contribution in [0.2, 0.25) is 0 Å². The molecule has 0 unspecified atom stereocenters. The lowest BCUT2D eigenvalue weighted by molar-refractivity contribution is 0.566. The van der Waals surface area contributed by atoms with Crippen molar-refractivity contribution in [2.45, 2.75) is 84.5 Å². The van der Waals surface area contributed by atoms with Gasteiger partial charge in [-0.05, 0) is 45.2 Å². The first kappa shape index (κ1) is 17.7. The Kier molecular flexibility index (Phi) is 16.4. The number of hydrogen-bond acceptors (Lipinski definition) is 1. The van der Waals surface area contributed by atoms with Crippen LogP contribution in [0.15, 0.2) is 12.2 Å². The van der Waals surface area contributed by atoms with Gasteiger partial charge in [0.2, 0.25) is 0 Å². The summed E-state index contributed by atoms with van der Waals surface area (Å²) in [5, 5.41) is 3.51. The molecule has 0 aromatic heterocycles. The van der Waals surface area contributed by atoms with Crippen molar-refractivity contribution in [2.24, 2.45) is 0 Å². The quantitative estimate of drug-likeness (QED) is 0.320. The van der Waals surface area contributed by atoms with Crippen molar-refractivity contribution >= 4 is 0 Å². The summed E-state index contributed by atoms with van der Waals surface area (Å²) in [6.07, 6.45) is 19.6. The predicted octanol–water partition coefficient (Wildman–Crippen LogP) is 5.46. The van der Waals surface area contributed by atoms with Crippen molar-refractivity contribution in [1.29, 1.82) is 0 Å². The first-order valence-corrected chi connectivity index (χ1v) is 8.27. The van der Waals surface area contributed by atoms with Crippen LogP contribution in [0.25, 0.3) is 0 Å². The van der Waals surface area contributed by atoms with Crippen LogP contribution in [0, 0.1) is 0 Å². The van der Waals surface area contributed by atoms with Gasteiger partial charge < -0.3 is 5.32 Å². The largest absolute Gasteiger partial charge is 0.317 e. The lowest BCUT2D eigenvalue weighted by atomic mass is 10.1. The molecule has 0 aromatic rings. The molecule has 108 valence electrons. The number of rotatable bonds is 14. The summed E-state index contributed by atoms with van der Waals surface area (Å²) >= 11 is 0. The molecule has 0 amide bonds. The molecule has 0 bridgehead atoms. The SMILES string of the molecule is CCCCC=CCCCCCCCNCCCC. The third kappa shape index (κ3) is 15.7. The molecule has 0 spiro atoms. The van der Waals surface area contributed by atoms with E-state index in [9.17, 15) is 0 Å². The molecular weight excluding hydrogens is 218 g/mol. The molecule has 1 N–H and O–H groups in total. The summed E-state index contributed by atoms with van der Waals surface area (Å²) in [4.78, 5) is 0. The van der Waals surface area contributed by atoms with Crippen LogP contribution in [-0.4, -0.2) is 13.1 Å². The molecule has 0 saturated carbocycles. The predicted molar refractivity (Wildman–Crippen MR) is 84.1 cm³/mol. The number of allylic oxidation sites excluding steroid dienone is 2. The molecule has 0 aliphatic carbocycles. The molecule has 18 heavy (non-hydrogen) atoms. The highest BCUT2D eigenvalue weighted by molar-refractivity contribution is 4.81. The van der Waals surface area contributed by atoms with E-state index in [0.29, 0.717) is 0 Å². The summed E-state index contributed by atoms with van der Waals surface area (Å²) in [7, 11) is 0. The molecule has 0 aliphatic rings. The third-order valence-corrected chi connectivity index (χ3v) is 3.32. The Morgan fingerprint density at radius 1 is 0.611 bits per heavy atom. The second-order valence-electron chi connectivity index (χ2n) is 5.27. The van der Waals surface area contributed by atoms with E-state index in [1.165, 1.54) is 83.7 Å². The fourth-order valence-electron chi connectivity index (χ4n) is 2.03. The van der Waals surface area contributed by atoms with Crippen molar-refractivity contribution in [3.05, 3.63) is 12.2 Å². The van der Waals surface area contributed by atoms with Gasteiger partial charge in [0.1, 0.15) is 0 Å². The van der Waals surface area contributed by atoms with Crippen LogP contribution in [0.4, 0.5) is 0 Å². The van der Waals surface area contributed by atoms with Gasteiger partial charge in [0.05, 0.1) is 0 Å². The van der Waals surface area contributed by atoms with Gasteiger partial charge in [-0.1, -0.05) is 64.5 Å². The van der Waals surface area contributed by atoms with Gasteiger partial charge in [-0.15, -0.1) is 0 Å². The van der Waals surface area contributed by atoms with Crippen LogP contribution in [0.1, 0.15) is 84.5 Å². The first-order chi connectivity index (χ1) is 8.91. The van der Waals surface area contributed by atoms with Crippen molar-refractivity contribution in [2.75, 3.05) is 13.1 Å². The highest BCUT2D eigenvalue weighted by Crippen LogP contribution is 2.06. The van der Waals surface area contributed by atoms with E-state index in [-0.39, 0.29) is 0 Å². The standard InChI is InChI=1S/C17H35N/c1-3-5-7-8-9-10-11-12-13-14-15-17-18-16-6-4-2/h8-9,18H,3-7,10-17H2,1-2H3. The maximum atomic E-state index is 3.51. The monoisotopic (exact) mass is 253 g/mol. The van der Waals surface area contributed by atoms with Gasteiger partial charge in [-0.3, -0.25) is 0 Å². The molecule has 1 nitrogen and oxygen atoms in total. The highest BCUT2D eigenvalue weighted by atomic mass is 14.8. The van der Waals surface area contributed by atoms with Crippen LogP contribution in [0.3, 0.4) is 0 Å². The van der Waals surface area contributed by atoms with Crippen molar-refractivity contribution in [3.8, 4) is 0 Å². The Bertz CT molecular complexity index is 163. The summed E-state index contributed by atoms with van der Waals surface area (Å²) in [5.41, 5.74) is 0. The van der Waals surface area contributed by atoms with E-state index in [1.54, 1.807) is 0 Å². The van der Waals surface area contributed by atoms with Crippen LogP contribution in [0.5, 0.6) is 0 Å². The van der Waals surface area contributed by atoms with Gasteiger partial charge >= 0.3 is 0 Å². The minimum atomic E-state index is 1.21. The number of hydrogen-bond donors (Lipinski definition) is 1. The second-order valence-corrected chi connectivity index (χ2v) is 5.27. The van der Waals surface area contributed by atoms with Gasteiger partial charge in [-0.2, -0.15) is 0 Å².